The van der Waals surface area contributed by atoms with Crippen LogP contribution in [0.4, 0.5) is 10.2 Å². The van der Waals surface area contributed by atoms with Crippen molar-refractivity contribution >= 4 is 22.6 Å². The Balaban J connectivity index is 1.62. The van der Waals surface area contributed by atoms with Gasteiger partial charge in [0.15, 0.2) is 5.82 Å². The summed E-state index contributed by atoms with van der Waals surface area (Å²) in [5, 5.41) is 7.69. The largest absolute Gasteiger partial charge is 0.366 e. The van der Waals surface area contributed by atoms with Gasteiger partial charge in [0.05, 0.1) is 16.8 Å². The van der Waals surface area contributed by atoms with Crippen LogP contribution in [0.15, 0.2) is 42.5 Å². The normalized spacial score (nSPS) is 13.5. The van der Waals surface area contributed by atoms with Crippen LogP contribution in [0.2, 0.25) is 0 Å². The number of carbonyl (C=O) groups excluding carboxylic acids is 1. The Kier molecular flexibility index (Phi) is 5.51. The molecule has 0 radical (unpaired) electrons. The van der Waals surface area contributed by atoms with Gasteiger partial charge in [-0.1, -0.05) is 24.3 Å². The van der Waals surface area contributed by atoms with Crippen LogP contribution >= 0.6 is 0 Å². The first-order chi connectivity index (χ1) is 16.0. The molecule has 4 aromatic rings. The highest BCUT2D eigenvalue weighted by Crippen LogP contribution is 2.34. The van der Waals surface area contributed by atoms with Gasteiger partial charge in [-0.15, -0.1) is 0 Å². The molecule has 2 aromatic carbocycles. The number of nitrogens with two attached hydrogens (primary N) is 1. The van der Waals surface area contributed by atoms with Crippen LogP contribution in [-0.4, -0.2) is 27.4 Å². The molecule has 0 spiro atoms. The highest BCUT2D eigenvalue weighted by molar-refractivity contribution is 6.09. The van der Waals surface area contributed by atoms with E-state index in [-0.39, 0.29) is 5.82 Å². The summed E-state index contributed by atoms with van der Waals surface area (Å²) in [4.78, 5) is 25.1. The van der Waals surface area contributed by atoms with Crippen LogP contribution in [0.1, 0.15) is 39.3 Å². The molecule has 1 amide bonds. The number of para-hydroxylation sites is 1. The molecule has 0 aliphatic carbocycles. The molecular formula is C25H25FN6O. The molecule has 0 atom stereocenters. The molecule has 0 bridgehead atoms. The molecule has 168 valence electrons. The number of primary amides is 1. The van der Waals surface area contributed by atoms with Crippen molar-refractivity contribution in [3.05, 3.63) is 76.4 Å². The van der Waals surface area contributed by atoms with E-state index in [1.165, 1.54) is 12.1 Å². The molecule has 8 heteroatoms. The number of carbonyl (C=O) groups is 1. The highest BCUT2D eigenvalue weighted by atomic mass is 19.1. The molecule has 0 saturated carbocycles. The van der Waals surface area contributed by atoms with Crippen molar-refractivity contribution in [3.63, 3.8) is 0 Å². The predicted octanol–water partition coefficient (Wildman–Crippen LogP) is 3.82. The second kappa shape index (κ2) is 8.63. The van der Waals surface area contributed by atoms with Crippen molar-refractivity contribution in [2.75, 3.05) is 11.9 Å². The van der Waals surface area contributed by atoms with Crippen LogP contribution in [0, 0.1) is 12.7 Å². The summed E-state index contributed by atoms with van der Waals surface area (Å²) in [7, 11) is 0. The van der Waals surface area contributed by atoms with Gasteiger partial charge in [-0.05, 0) is 50.1 Å². The van der Waals surface area contributed by atoms with E-state index in [1.807, 2.05) is 25.1 Å². The average molecular weight is 445 g/mol. The lowest BCUT2D eigenvalue weighted by Crippen LogP contribution is -2.14. The first kappa shape index (κ1) is 21.1. The number of hydrogen-bond acceptors (Lipinski definition) is 5. The summed E-state index contributed by atoms with van der Waals surface area (Å²) in [5.41, 5.74) is 11.3. The lowest BCUT2D eigenvalue weighted by molar-refractivity contribution is 0.100. The molecule has 2 aromatic heterocycles. The topological polar surface area (TPSA) is 109 Å². The third kappa shape index (κ3) is 4.05. The third-order valence-corrected chi connectivity index (χ3v) is 6.02. The molecule has 0 fully saturated rings. The van der Waals surface area contributed by atoms with Crippen LogP contribution < -0.4 is 16.4 Å². The first-order valence-electron chi connectivity index (χ1n) is 11.0. The van der Waals surface area contributed by atoms with Gasteiger partial charge in [0.25, 0.3) is 5.91 Å². The summed E-state index contributed by atoms with van der Waals surface area (Å²) in [6.45, 7) is 3.94. The summed E-state index contributed by atoms with van der Waals surface area (Å²) >= 11 is 0. The monoisotopic (exact) mass is 444 g/mol. The molecule has 33 heavy (non-hydrogen) atoms. The number of benzene rings is 2. The Morgan fingerprint density at radius 1 is 1.21 bits per heavy atom. The maximum absolute atomic E-state index is 13.7. The molecule has 5 N–H and O–H groups in total. The quantitative estimate of drug-likeness (QED) is 0.374. The minimum Gasteiger partial charge on any atom is -0.366 e. The van der Waals surface area contributed by atoms with Gasteiger partial charge in [-0.3, -0.25) is 4.79 Å². The van der Waals surface area contributed by atoms with E-state index in [0.717, 1.165) is 58.7 Å². The van der Waals surface area contributed by atoms with E-state index >= 15 is 0 Å². The highest BCUT2D eigenvalue weighted by Gasteiger charge is 2.22. The average Bonchev–Trinajstić information content (AvgIpc) is 2.96. The van der Waals surface area contributed by atoms with Gasteiger partial charge in [0, 0.05) is 35.3 Å². The first-order valence-corrected chi connectivity index (χ1v) is 11.0. The summed E-state index contributed by atoms with van der Waals surface area (Å²) in [6.07, 6.45) is 1.84. The number of rotatable bonds is 5. The van der Waals surface area contributed by atoms with Crippen LogP contribution in [-0.2, 0) is 19.5 Å². The van der Waals surface area contributed by atoms with E-state index < -0.39 is 5.91 Å². The lowest BCUT2D eigenvalue weighted by Gasteiger charge is -2.15. The van der Waals surface area contributed by atoms with E-state index in [0.29, 0.717) is 30.0 Å². The number of fused-ring (bicyclic) bond motifs is 2. The lowest BCUT2D eigenvalue weighted by atomic mass is 10.1. The predicted molar refractivity (Wildman–Crippen MR) is 126 cm³/mol. The smallest absolute Gasteiger partial charge is 0.250 e. The molecule has 1 aliphatic heterocycles. The fraction of sp³-hybridized carbons (Fsp3) is 0.240. The molecule has 7 nitrogen and oxygen atoms in total. The van der Waals surface area contributed by atoms with E-state index in [1.54, 1.807) is 12.1 Å². The zero-order chi connectivity index (χ0) is 22.9. The van der Waals surface area contributed by atoms with E-state index in [4.69, 9.17) is 15.7 Å². The molecule has 1 aliphatic rings. The fourth-order valence-corrected chi connectivity index (χ4v) is 4.47. The minimum absolute atomic E-state index is 0.264. The van der Waals surface area contributed by atoms with E-state index in [9.17, 15) is 9.18 Å². The zero-order valence-corrected chi connectivity index (χ0v) is 18.3. The molecular weight excluding hydrogens is 419 g/mol. The van der Waals surface area contributed by atoms with Gasteiger partial charge < -0.3 is 21.4 Å². The number of aromatic nitrogens is 3. The summed E-state index contributed by atoms with van der Waals surface area (Å²) < 4.78 is 13.7. The van der Waals surface area contributed by atoms with Gasteiger partial charge in [0.1, 0.15) is 11.6 Å². The number of amides is 1. The molecule has 0 saturated heterocycles. The number of halogens is 1. The number of aryl methyl sites for hydroxylation is 1. The maximum atomic E-state index is 13.7. The number of nitrogens with one attached hydrogen (secondary N) is 3. The molecule has 3 heterocycles. The number of hydrogen-bond donors (Lipinski definition) is 4. The van der Waals surface area contributed by atoms with Gasteiger partial charge >= 0.3 is 0 Å². The van der Waals surface area contributed by atoms with Crippen molar-refractivity contribution in [1.82, 2.24) is 20.3 Å². The maximum Gasteiger partial charge on any atom is 0.250 e. The zero-order valence-electron chi connectivity index (χ0n) is 18.3. The van der Waals surface area contributed by atoms with Crippen LogP contribution in [0.3, 0.4) is 0 Å². The number of aromatic amines is 1. The standard InChI is InChI=1S/C25H25FN6O/c1-14-21(18-7-3-8-19(23(27)33)22(18)30-14)25-31-20-13-28-10-4-9-17(20)24(32-25)29-12-15-5-2-6-16(26)11-15/h2-3,5-8,11,28,30H,4,9-10,12-13H2,1H3,(H2,27,33)(H,29,31,32). The van der Waals surface area contributed by atoms with Crippen molar-refractivity contribution in [2.24, 2.45) is 5.73 Å². The van der Waals surface area contributed by atoms with Gasteiger partial charge in [-0.2, -0.15) is 0 Å². The van der Waals surface area contributed by atoms with Crippen molar-refractivity contribution < 1.29 is 9.18 Å². The Bertz CT molecular complexity index is 1360. The van der Waals surface area contributed by atoms with Crippen LogP contribution in [0.5, 0.6) is 0 Å². The van der Waals surface area contributed by atoms with E-state index in [2.05, 4.69) is 15.6 Å². The Morgan fingerprint density at radius 3 is 2.88 bits per heavy atom. The molecule has 5 rings (SSSR count). The van der Waals surface area contributed by atoms with Crippen LogP contribution in [0.25, 0.3) is 22.3 Å². The summed E-state index contributed by atoms with van der Waals surface area (Å²) in [6, 6.07) is 12.0. The summed E-state index contributed by atoms with van der Waals surface area (Å²) in [5.74, 6) is 0.575. The van der Waals surface area contributed by atoms with Crippen molar-refractivity contribution in [2.45, 2.75) is 32.9 Å². The Morgan fingerprint density at radius 2 is 2.06 bits per heavy atom. The Labute approximate surface area is 190 Å². The number of nitrogens with zero attached hydrogens (tertiary/aromatic N) is 2. The SMILES string of the molecule is Cc1[nH]c2c(C(N)=O)cccc2c1-c1nc2c(c(NCc3cccc(F)c3)n1)CCCNC2. The third-order valence-electron chi connectivity index (χ3n) is 6.02. The number of H-pyrrole nitrogens is 1. The van der Waals surface area contributed by atoms with Gasteiger partial charge in [-0.25, -0.2) is 14.4 Å². The second-order valence-electron chi connectivity index (χ2n) is 8.30. The van der Waals surface area contributed by atoms with Gasteiger partial charge in [0.2, 0.25) is 0 Å². The Hall–Kier alpha value is -3.78. The van der Waals surface area contributed by atoms with Crippen molar-refractivity contribution in [1.29, 1.82) is 0 Å². The second-order valence-corrected chi connectivity index (χ2v) is 8.30. The minimum atomic E-state index is -0.488. The van der Waals surface area contributed by atoms with Crippen molar-refractivity contribution in [3.8, 4) is 11.4 Å². The number of anilines is 1. The fourth-order valence-electron chi connectivity index (χ4n) is 4.47. The molecule has 0 unspecified atom stereocenters.